The number of hydrogen-bond donors (Lipinski definition) is 0. The summed E-state index contributed by atoms with van der Waals surface area (Å²) in [6.45, 7) is 37.6. The largest absolute Gasteiger partial charge is 0.0776 e. The van der Waals surface area contributed by atoms with Gasteiger partial charge in [-0.05, 0) is 0 Å². The zero-order valence-corrected chi connectivity index (χ0v) is 31.4. The van der Waals surface area contributed by atoms with Gasteiger partial charge < -0.3 is 0 Å². The minimum Gasteiger partial charge on any atom is -0.0776 e. The molecular formula is C50H136. The minimum absolute atomic E-state index is 0. The maximum Gasteiger partial charge on any atom is -0.0533 e. The summed E-state index contributed by atoms with van der Waals surface area (Å²) < 4.78 is 0. The molecule has 50 heavy (non-hydrogen) atoms. The second kappa shape index (κ2) is 291. The van der Waals surface area contributed by atoms with Crippen LogP contribution in [0.5, 0.6) is 0 Å². The first-order chi connectivity index (χ1) is 18.6. The maximum absolute atomic E-state index is 2.21. The van der Waals surface area contributed by atoms with E-state index in [4.69, 9.17) is 0 Å². The van der Waals surface area contributed by atoms with Crippen molar-refractivity contribution < 1.29 is 0 Å². The maximum atomic E-state index is 2.21. The molecule has 0 unspecified atom stereocenters. The van der Waals surface area contributed by atoms with Gasteiger partial charge in [0.05, 0.1) is 0 Å². The molecule has 0 amide bonds. The van der Waals surface area contributed by atoms with E-state index in [1.165, 1.54) is 89.9 Å². The second-order valence-electron chi connectivity index (χ2n) is 7.75. The summed E-state index contributed by atoms with van der Waals surface area (Å²) in [5.41, 5.74) is 0. The van der Waals surface area contributed by atoms with Crippen molar-refractivity contribution >= 4 is 0 Å². The first-order valence-corrected chi connectivity index (χ1v) is 17.6. The Bertz CT molecular complexity index is 212. The number of unbranched alkanes of at least 4 members (excludes halogenated alkanes) is 4. The molecule has 1 saturated carbocycles. The van der Waals surface area contributed by atoms with Crippen LogP contribution in [0, 0.1) is 0 Å². The zero-order valence-electron chi connectivity index (χ0n) is 31.4. The quantitative estimate of drug-likeness (QED) is 0.289. The van der Waals surface area contributed by atoms with E-state index in [9.17, 15) is 0 Å². The lowest BCUT2D eigenvalue weighted by Crippen LogP contribution is -1.59. The fraction of sp³-hybridized carbons (Fsp3) is 0.880. The molecule has 0 atom stereocenters. The molecule has 1 aliphatic carbocycles. The monoisotopic (exact) mass is 737 g/mol. The Kier molecular flexibility index (Phi) is 837. The van der Waals surface area contributed by atoms with E-state index >= 15 is 0 Å². The van der Waals surface area contributed by atoms with Crippen molar-refractivity contribution in [2.45, 2.75) is 304 Å². The number of benzene rings is 1. The van der Waals surface area contributed by atoms with Gasteiger partial charge in [-0.15, -0.1) is 0 Å². The van der Waals surface area contributed by atoms with Gasteiger partial charge in [0.2, 0.25) is 0 Å². The third-order valence-electron chi connectivity index (χ3n) is 3.33. The second-order valence-corrected chi connectivity index (χ2v) is 7.75. The summed E-state index contributed by atoms with van der Waals surface area (Å²) in [6.07, 6.45) is 19.4. The van der Waals surface area contributed by atoms with Crippen LogP contribution in [0.15, 0.2) is 36.4 Å². The van der Waals surface area contributed by atoms with Crippen LogP contribution in [0.4, 0.5) is 0 Å². The topological polar surface area (TPSA) is 0 Å². The Labute approximate surface area is 339 Å². The Balaban J connectivity index is -0.00000000971. The highest BCUT2D eigenvalue weighted by Gasteiger charge is 1.95. The highest BCUT2D eigenvalue weighted by Crippen LogP contribution is 2.15. The normalized spacial score (nSPS) is 6.60. The molecule has 0 aromatic heterocycles. The molecule has 1 aromatic carbocycles. The molecule has 0 saturated heterocycles. The molecule has 0 heterocycles. The molecule has 1 fully saturated rings. The molecule has 0 nitrogen and oxygen atoms in total. The van der Waals surface area contributed by atoms with Gasteiger partial charge in [0.25, 0.3) is 0 Å². The Morgan fingerprint density at radius 2 is 0.320 bits per heavy atom. The van der Waals surface area contributed by atoms with Gasteiger partial charge in [-0.3, -0.25) is 0 Å². The highest BCUT2D eigenvalue weighted by molar-refractivity contribution is 4.99. The van der Waals surface area contributed by atoms with Gasteiger partial charge >= 0.3 is 0 Å². The molecule has 336 valence electrons. The van der Waals surface area contributed by atoms with Crippen molar-refractivity contribution in [3.8, 4) is 0 Å². The van der Waals surface area contributed by atoms with Gasteiger partial charge in [-0.1, -0.05) is 340 Å². The van der Waals surface area contributed by atoms with E-state index in [0.717, 1.165) is 0 Å². The zero-order chi connectivity index (χ0) is 32.1. The van der Waals surface area contributed by atoms with Crippen LogP contribution in [0.2, 0.25) is 0 Å². The van der Waals surface area contributed by atoms with Crippen LogP contribution in [0.1, 0.15) is 304 Å². The fourth-order valence-corrected chi connectivity index (χ4v) is 1.98. The molecule has 0 aliphatic heterocycles. The first-order valence-electron chi connectivity index (χ1n) is 17.6. The summed E-state index contributed by atoms with van der Waals surface area (Å²) in [4.78, 5) is 0. The van der Waals surface area contributed by atoms with Gasteiger partial charge in [-0.25, -0.2) is 0 Å². The molecule has 0 bridgehead atoms. The standard InChI is InChI=1S/C6H6.C5H10.2C5H12.3C3H8.4C2H6.12CH4/c1-2-4-6-5-3-1;1-2-4-5-3-1;2*1-3-5-4-2;3*1-3-2;4*1-2;;;;;;;;;;;;/h1-6H;1-5H2;2*3-5H2,1-2H3;3*3H2,1-2H3;4*1-2H3;12*1H4. The Morgan fingerprint density at radius 3 is 0.360 bits per heavy atom. The summed E-state index contributed by atoms with van der Waals surface area (Å²) in [5, 5.41) is 0. The molecular weight excluding hydrogens is 601 g/mol. The van der Waals surface area contributed by atoms with Gasteiger partial charge in [0, 0.05) is 0 Å². The van der Waals surface area contributed by atoms with E-state index in [2.05, 4.69) is 69.2 Å². The van der Waals surface area contributed by atoms with Crippen LogP contribution in [-0.2, 0) is 0 Å². The van der Waals surface area contributed by atoms with Gasteiger partial charge in [-0.2, -0.15) is 0 Å². The Hall–Kier alpha value is -0.780. The third kappa shape index (κ3) is 499. The van der Waals surface area contributed by atoms with E-state index < -0.39 is 0 Å². The molecule has 0 N–H and O–H groups in total. The van der Waals surface area contributed by atoms with Crippen LogP contribution in [0.3, 0.4) is 0 Å². The van der Waals surface area contributed by atoms with Crippen LogP contribution < -0.4 is 0 Å². The summed E-state index contributed by atoms with van der Waals surface area (Å²) in [5.74, 6) is 0. The van der Waals surface area contributed by atoms with Crippen molar-refractivity contribution in [1.82, 2.24) is 0 Å². The number of rotatable bonds is 4. The summed E-state index contributed by atoms with van der Waals surface area (Å²) >= 11 is 0. The van der Waals surface area contributed by atoms with Crippen LogP contribution in [-0.4, -0.2) is 0 Å². The van der Waals surface area contributed by atoms with E-state index in [1.54, 1.807) is 0 Å². The van der Waals surface area contributed by atoms with Crippen molar-refractivity contribution in [2.24, 2.45) is 0 Å². The average Bonchev–Trinajstić information content (AvgIpc) is 3.58. The van der Waals surface area contributed by atoms with E-state index in [1.807, 2.05) is 91.8 Å². The van der Waals surface area contributed by atoms with Crippen molar-refractivity contribution in [3.05, 3.63) is 36.4 Å². The predicted octanol–water partition coefficient (Wildman–Crippen LogP) is 24.0. The van der Waals surface area contributed by atoms with E-state index in [-0.39, 0.29) is 89.1 Å². The fourth-order valence-electron chi connectivity index (χ4n) is 1.98. The third-order valence-corrected chi connectivity index (χ3v) is 3.33. The lowest BCUT2D eigenvalue weighted by atomic mass is 10.3. The lowest BCUT2D eigenvalue weighted by molar-refractivity contribution is 0.772. The molecule has 0 heteroatoms. The molecule has 1 aromatic rings. The minimum atomic E-state index is 0. The van der Waals surface area contributed by atoms with Crippen LogP contribution >= 0.6 is 0 Å². The molecule has 2 rings (SSSR count). The van der Waals surface area contributed by atoms with Crippen molar-refractivity contribution in [2.75, 3.05) is 0 Å². The number of hydrogen-bond acceptors (Lipinski definition) is 0. The van der Waals surface area contributed by atoms with E-state index in [0.29, 0.717) is 0 Å². The Morgan fingerprint density at radius 1 is 0.240 bits per heavy atom. The lowest BCUT2D eigenvalue weighted by Gasteiger charge is -1.79. The summed E-state index contributed by atoms with van der Waals surface area (Å²) in [6, 6.07) is 12.0. The average molecular weight is 738 g/mol. The van der Waals surface area contributed by atoms with Crippen LogP contribution in [0.25, 0.3) is 0 Å². The molecule has 1 aliphatic rings. The SMILES string of the molecule is C.C.C.C.C.C.C.C.C.C.C.C.C1CCCC1.CC.CC.CC.CC.CCC.CCC.CCC.CCCCC.CCCCC.c1ccccc1. The van der Waals surface area contributed by atoms with Crippen molar-refractivity contribution in [1.29, 1.82) is 0 Å². The molecule has 0 radical (unpaired) electrons. The highest BCUT2D eigenvalue weighted by atomic mass is 14.0. The van der Waals surface area contributed by atoms with Gasteiger partial charge in [0.1, 0.15) is 0 Å². The smallest absolute Gasteiger partial charge is 0.0533 e. The summed E-state index contributed by atoms with van der Waals surface area (Å²) in [7, 11) is 0. The van der Waals surface area contributed by atoms with Crippen molar-refractivity contribution in [3.63, 3.8) is 0 Å². The first kappa shape index (κ1) is 144. The predicted molar refractivity (Wildman–Crippen MR) is 274 cm³/mol. The van der Waals surface area contributed by atoms with Gasteiger partial charge in [0.15, 0.2) is 0 Å². The molecule has 0 spiro atoms.